The third-order valence-electron chi connectivity index (χ3n) is 2.45. The van der Waals surface area contributed by atoms with E-state index in [9.17, 15) is 4.79 Å². The highest BCUT2D eigenvalue weighted by molar-refractivity contribution is 7.99. The van der Waals surface area contributed by atoms with Crippen LogP contribution < -0.4 is 4.74 Å². The van der Waals surface area contributed by atoms with E-state index in [0.29, 0.717) is 5.16 Å². The maximum atomic E-state index is 10.6. The van der Waals surface area contributed by atoms with Crippen molar-refractivity contribution in [3.8, 4) is 11.4 Å². The number of hydrogen-bond donors (Lipinski definition) is 1. The number of carbonyl (C=O) groups is 1. The second-order valence-corrected chi connectivity index (χ2v) is 4.86. The normalized spacial score (nSPS) is 10.4. The van der Waals surface area contributed by atoms with Gasteiger partial charge in [0.15, 0.2) is 5.16 Å². The molecule has 0 radical (unpaired) electrons. The van der Waals surface area contributed by atoms with Crippen LogP contribution in [0.3, 0.4) is 0 Å². The summed E-state index contributed by atoms with van der Waals surface area (Å²) in [6.45, 7) is 1.88. The van der Waals surface area contributed by atoms with E-state index in [4.69, 9.17) is 9.84 Å². The van der Waals surface area contributed by atoms with Gasteiger partial charge in [-0.05, 0) is 19.1 Å². The van der Waals surface area contributed by atoms with Crippen molar-refractivity contribution < 1.29 is 14.6 Å². The first-order valence-electron chi connectivity index (χ1n) is 5.65. The Kier molecular flexibility index (Phi) is 4.11. The highest BCUT2D eigenvalue weighted by Crippen LogP contribution is 2.24. The molecule has 100 valence electrons. The zero-order valence-electron chi connectivity index (χ0n) is 10.7. The van der Waals surface area contributed by atoms with Crippen LogP contribution in [0.5, 0.6) is 5.75 Å². The molecule has 1 heterocycles. The number of aryl methyl sites for hydroxylation is 1. The lowest BCUT2D eigenvalue weighted by Crippen LogP contribution is -2.01. The highest BCUT2D eigenvalue weighted by Gasteiger charge is 2.10. The molecule has 1 aromatic carbocycles. The molecule has 0 aliphatic carbocycles. The Hall–Kier alpha value is -1.95. The van der Waals surface area contributed by atoms with Crippen molar-refractivity contribution in [1.29, 1.82) is 0 Å². The second-order valence-electron chi connectivity index (χ2n) is 3.92. The number of thioether (sulfide) groups is 1. The lowest BCUT2D eigenvalue weighted by molar-refractivity contribution is -0.133. The predicted octanol–water partition coefficient (Wildman–Crippen LogP) is 2.37. The molecule has 5 nitrogen and oxygen atoms in total. The molecule has 0 aliphatic heterocycles. The third kappa shape index (κ3) is 3.29. The van der Waals surface area contributed by atoms with Crippen LogP contribution in [0.15, 0.2) is 35.6 Å². The molecule has 0 unspecified atom stereocenters. The minimum Gasteiger partial charge on any atom is -0.497 e. The predicted molar refractivity (Wildman–Crippen MR) is 73.2 cm³/mol. The van der Waals surface area contributed by atoms with Crippen LogP contribution in [-0.2, 0) is 4.79 Å². The molecule has 0 fully saturated rings. The molecule has 6 heteroatoms. The summed E-state index contributed by atoms with van der Waals surface area (Å²) in [5, 5.41) is 9.41. The van der Waals surface area contributed by atoms with Crippen LogP contribution in [-0.4, -0.2) is 33.5 Å². The Bertz CT molecular complexity index is 595. The van der Waals surface area contributed by atoms with Gasteiger partial charge in [-0.25, -0.2) is 4.98 Å². The molecule has 0 saturated carbocycles. The van der Waals surface area contributed by atoms with Crippen molar-refractivity contribution >= 4 is 17.7 Å². The smallest absolute Gasteiger partial charge is 0.313 e. The van der Waals surface area contributed by atoms with Crippen molar-refractivity contribution in [3.63, 3.8) is 0 Å². The standard InChI is InChI=1S/C13H14N2O3S/c1-9-7-15(13(14-9)19-8-12(16)17)10-4-3-5-11(6-10)18-2/h3-7H,8H2,1-2H3,(H,16,17). The van der Waals surface area contributed by atoms with E-state index in [0.717, 1.165) is 17.1 Å². The van der Waals surface area contributed by atoms with Gasteiger partial charge in [-0.3, -0.25) is 9.36 Å². The molecular weight excluding hydrogens is 264 g/mol. The first kappa shape index (κ1) is 13.5. The number of ether oxygens (including phenoxy) is 1. The van der Waals surface area contributed by atoms with Crippen LogP contribution in [0, 0.1) is 6.92 Å². The lowest BCUT2D eigenvalue weighted by Gasteiger charge is -2.08. The fourth-order valence-corrected chi connectivity index (χ4v) is 2.41. The molecule has 0 saturated heterocycles. The van der Waals surface area contributed by atoms with Crippen molar-refractivity contribution in [2.75, 3.05) is 12.9 Å². The van der Waals surface area contributed by atoms with Crippen LogP contribution in [0.1, 0.15) is 5.69 Å². The number of aromatic nitrogens is 2. The molecule has 1 N–H and O–H groups in total. The summed E-state index contributed by atoms with van der Waals surface area (Å²) < 4.78 is 7.05. The van der Waals surface area contributed by atoms with E-state index >= 15 is 0 Å². The molecule has 0 amide bonds. The molecule has 2 rings (SSSR count). The van der Waals surface area contributed by atoms with E-state index in [2.05, 4.69) is 4.98 Å². The van der Waals surface area contributed by atoms with Crippen molar-refractivity contribution in [2.24, 2.45) is 0 Å². The third-order valence-corrected chi connectivity index (χ3v) is 3.39. The quantitative estimate of drug-likeness (QED) is 0.851. The number of hydrogen-bond acceptors (Lipinski definition) is 4. The number of benzene rings is 1. The van der Waals surface area contributed by atoms with Crippen LogP contribution in [0.4, 0.5) is 0 Å². The van der Waals surface area contributed by atoms with Gasteiger partial charge in [0.2, 0.25) is 0 Å². The number of aliphatic carboxylic acids is 1. The van der Waals surface area contributed by atoms with E-state index in [1.807, 2.05) is 42.0 Å². The van der Waals surface area contributed by atoms with Gasteiger partial charge in [0.25, 0.3) is 0 Å². The number of methoxy groups -OCH3 is 1. The van der Waals surface area contributed by atoms with E-state index in [-0.39, 0.29) is 5.75 Å². The van der Waals surface area contributed by atoms with E-state index in [1.165, 1.54) is 11.8 Å². The second kappa shape index (κ2) is 5.79. The van der Waals surface area contributed by atoms with Crippen LogP contribution >= 0.6 is 11.8 Å². The van der Waals surface area contributed by atoms with E-state index in [1.54, 1.807) is 7.11 Å². The summed E-state index contributed by atoms with van der Waals surface area (Å²) in [5.41, 5.74) is 1.74. The highest BCUT2D eigenvalue weighted by atomic mass is 32.2. The molecule has 0 aliphatic rings. The zero-order chi connectivity index (χ0) is 13.8. The Labute approximate surface area is 115 Å². The van der Waals surface area contributed by atoms with Crippen molar-refractivity contribution in [3.05, 3.63) is 36.2 Å². The van der Waals surface area contributed by atoms with Gasteiger partial charge in [-0.15, -0.1) is 0 Å². The van der Waals surface area contributed by atoms with Crippen molar-refractivity contribution in [1.82, 2.24) is 9.55 Å². The SMILES string of the molecule is COc1cccc(-n2cc(C)nc2SCC(=O)O)c1. The first-order valence-corrected chi connectivity index (χ1v) is 6.63. The van der Waals surface area contributed by atoms with Crippen molar-refractivity contribution in [2.45, 2.75) is 12.1 Å². The fourth-order valence-electron chi connectivity index (χ4n) is 1.65. The number of carboxylic acids is 1. The molecule has 19 heavy (non-hydrogen) atoms. The van der Waals surface area contributed by atoms with Gasteiger partial charge in [0.05, 0.1) is 24.2 Å². The maximum absolute atomic E-state index is 10.6. The number of nitrogens with zero attached hydrogens (tertiary/aromatic N) is 2. The first-order chi connectivity index (χ1) is 9.10. The van der Waals surface area contributed by atoms with Gasteiger partial charge in [0.1, 0.15) is 5.75 Å². The Morgan fingerprint density at radius 1 is 1.53 bits per heavy atom. The topological polar surface area (TPSA) is 64.4 Å². The summed E-state index contributed by atoms with van der Waals surface area (Å²) in [6.07, 6.45) is 1.87. The molecule has 0 bridgehead atoms. The van der Waals surface area contributed by atoms with E-state index < -0.39 is 5.97 Å². The summed E-state index contributed by atoms with van der Waals surface area (Å²) in [5.74, 6) is -0.124. The Balaban J connectivity index is 2.34. The summed E-state index contributed by atoms with van der Waals surface area (Å²) in [4.78, 5) is 15.0. The van der Waals surface area contributed by atoms with Gasteiger partial charge in [-0.2, -0.15) is 0 Å². The van der Waals surface area contributed by atoms with Gasteiger partial charge in [0, 0.05) is 12.3 Å². The average molecular weight is 278 g/mol. The molecule has 2 aromatic rings. The zero-order valence-corrected chi connectivity index (χ0v) is 11.5. The Morgan fingerprint density at radius 3 is 3.00 bits per heavy atom. The van der Waals surface area contributed by atoms with Gasteiger partial charge < -0.3 is 9.84 Å². The lowest BCUT2D eigenvalue weighted by atomic mass is 10.3. The number of carboxylic acid groups (broad SMARTS) is 1. The summed E-state index contributed by atoms with van der Waals surface area (Å²) >= 11 is 1.20. The van der Waals surface area contributed by atoms with Gasteiger partial charge in [-0.1, -0.05) is 17.8 Å². The number of imidazole rings is 1. The molecule has 0 spiro atoms. The number of rotatable bonds is 5. The fraction of sp³-hybridized carbons (Fsp3) is 0.231. The summed E-state index contributed by atoms with van der Waals surface area (Å²) in [6, 6.07) is 7.55. The monoisotopic (exact) mass is 278 g/mol. The largest absolute Gasteiger partial charge is 0.497 e. The molecule has 1 aromatic heterocycles. The average Bonchev–Trinajstić information content (AvgIpc) is 2.77. The maximum Gasteiger partial charge on any atom is 0.313 e. The Morgan fingerprint density at radius 2 is 2.32 bits per heavy atom. The minimum atomic E-state index is -0.858. The molecule has 0 atom stereocenters. The van der Waals surface area contributed by atoms with Gasteiger partial charge >= 0.3 is 5.97 Å². The van der Waals surface area contributed by atoms with Crippen LogP contribution in [0.25, 0.3) is 5.69 Å². The van der Waals surface area contributed by atoms with Crippen LogP contribution in [0.2, 0.25) is 0 Å². The summed E-state index contributed by atoms with van der Waals surface area (Å²) in [7, 11) is 1.61. The molecular formula is C13H14N2O3S. The minimum absolute atomic E-state index is 0.0135.